The molecular formula is C16H21N. The van der Waals surface area contributed by atoms with E-state index in [2.05, 4.69) is 35.7 Å². The summed E-state index contributed by atoms with van der Waals surface area (Å²) in [6, 6.07) is 9.44. The van der Waals surface area contributed by atoms with E-state index in [-0.39, 0.29) is 0 Å². The molecule has 1 N–H and O–H groups in total. The van der Waals surface area contributed by atoms with Crippen LogP contribution in [-0.2, 0) is 6.42 Å². The van der Waals surface area contributed by atoms with Gasteiger partial charge in [-0.3, -0.25) is 0 Å². The van der Waals surface area contributed by atoms with Crippen LogP contribution in [-0.4, -0.2) is 6.54 Å². The van der Waals surface area contributed by atoms with Gasteiger partial charge in [-0.2, -0.15) is 0 Å². The molecular weight excluding hydrogens is 206 g/mol. The van der Waals surface area contributed by atoms with E-state index in [4.69, 9.17) is 0 Å². The lowest BCUT2D eigenvalue weighted by molar-refractivity contribution is 0.540. The van der Waals surface area contributed by atoms with Crippen LogP contribution in [0.3, 0.4) is 0 Å². The SMILES string of the molecule is C1=C(C2NCCc3ccccc32)CCCCC1. The lowest BCUT2D eigenvalue weighted by Gasteiger charge is -2.29. The van der Waals surface area contributed by atoms with E-state index >= 15 is 0 Å². The zero-order valence-electron chi connectivity index (χ0n) is 10.4. The molecule has 1 heterocycles. The monoisotopic (exact) mass is 227 g/mol. The quantitative estimate of drug-likeness (QED) is 0.720. The van der Waals surface area contributed by atoms with Crippen molar-refractivity contribution in [2.75, 3.05) is 6.54 Å². The molecule has 17 heavy (non-hydrogen) atoms. The molecule has 1 nitrogen and oxygen atoms in total. The van der Waals surface area contributed by atoms with E-state index in [1.54, 1.807) is 11.1 Å². The molecule has 0 radical (unpaired) electrons. The third-order valence-corrected chi connectivity index (χ3v) is 4.06. The summed E-state index contributed by atoms with van der Waals surface area (Å²) >= 11 is 0. The maximum Gasteiger partial charge on any atom is 0.0538 e. The molecule has 1 aromatic rings. The Balaban J connectivity index is 1.91. The molecule has 0 aromatic heterocycles. The van der Waals surface area contributed by atoms with E-state index in [0.717, 1.165) is 6.54 Å². The Morgan fingerprint density at radius 2 is 1.94 bits per heavy atom. The smallest absolute Gasteiger partial charge is 0.0538 e. The van der Waals surface area contributed by atoms with E-state index in [0.29, 0.717) is 6.04 Å². The second-order valence-electron chi connectivity index (χ2n) is 5.21. The Morgan fingerprint density at radius 3 is 2.94 bits per heavy atom. The van der Waals surface area contributed by atoms with Crippen LogP contribution in [0.15, 0.2) is 35.9 Å². The minimum Gasteiger partial charge on any atom is -0.306 e. The largest absolute Gasteiger partial charge is 0.306 e. The number of hydrogen-bond acceptors (Lipinski definition) is 1. The van der Waals surface area contributed by atoms with Crippen molar-refractivity contribution < 1.29 is 0 Å². The third-order valence-electron chi connectivity index (χ3n) is 4.06. The number of nitrogens with one attached hydrogen (secondary N) is 1. The summed E-state index contributed by atoms with van der Waals surface area (Å²) in [6.45, 7) is 1.12. The summed E-state index contributed by atoms with van der Waals surface area (Å²) in [5, 5.41) is 3.70. The Labute approximate surface area is 104 Å². The molecule has 2 aliphatic rings. The lowest BCUT2D eigenvalue weighted by atomic mass is 9.88. The van der Waals surface area contributed by atoms with Crippen LogP contribution < -0.4 is 5.32 Å². The second kappa shape index (κ2) is 5.05. The van der Waals surface area contributed by atoms with Crippen molar-refractivity contribution >= 4 is 0 Å². The van der Waals surface area contributed by atoms with Crippen LogP contribution in [0.1, 0.15) is 49.3 Å². The molecule has 0 fully saturated rings. The normalized spacial score (nSPS) is 24.7. The molecule has 0 spiro atoms. The molecule has 1 unspecified atom stereocenters. The molecule has 0 saturated heterocycles. The zero-order valence-corrected chi connectivity index (χ0v) is 10.4. The maximum absolute atomic E-state index is 3.70. The van der Waals surface area contributed by atoms with Crippen molar-refractivity contribution in [3.05, 3.63) is 47.0 Å². The molecule has 3 rings (SSSR count). The maximum atomic E-state index is 3.70. The van der Waals surface area contributed by atoms with Gasteiger partial charge in [-0.25, -0.2) is 0 Å². The zero-order chi connectivity index (χ0) is 11.5. The number of benzene rings is 1. The first-order chi connectivity index (χ1) is 8.45. The minimum absolute atomic E-state index is 0.498. The van der Waals surface area contributed by atoms with Gasteiger partial charge in [0.15, 0.2) is 0 Å². The van der Waals surface area contributed by atoms with Crippen molar-refractivity contribution in [1.82, 2.24) is 5.32 Å². The number of rotatable bonds is 1. The third kappa shape index (κ3) is 2.30. The van der Waals surface area contributed by atoms with Gasteiger partial charge in [0.1, 0.15) is 0 Å². The predicted octanol–water partition coefficient (Wildman–Crippen LogP) is 3.76. The van der Waals surface area contributed by atoms with Crippen molar-refractivity contribution in [1.29, 1.82) is 0 Å². The minimum atomic E-state index is 0.498. The summed E-state index contributed by atoms with van der Waals surface area (Å²) in [5.74, 6) is 0. The van der Waals surface area contributed by atoms with Crippen LogP contribution in [0, 0.1) is 0 Å². The van der Waals surface area contributed by atoms with Crippen LogP contribution in [0.5, 0.6) is 0 Å². The number of hydrogen-bond donors (Lipinski definition) is 1. The molecule has 1 aliphatic heterocycles. The summed E-state index contributed by atoms with van der Waals surface area (Å²) in [5.41, 5.74) is 4.70. The van der Waals surface area contributed by atoms with Gasteiger partial charge in [-0.15, -0.1) is 0 Å². The summed E-state index contributed by atoms with van der Waals surface area (Å²) in [7, 11) is 0. The lowest BCUT2D eigenvalue weighted by Crippen LogP contribution is -2.31. The van der Waals surface area contributed by atoms with Crippen LogP contribution in [0.4, 0.5) is 0 Å². The molecule has 1 atom stereocenters. The highest BCUT2D eigenvalue weighted by Crippen LogP contribution is 2.33. The highest BCUT2D eigenvalue weighted by Gasteiger charge is 2.22. The average Bonchev–Trinajstić information content (AvgIpc) is 2.67. The number of allylic oxidation sites excluding steroid dienone is 1. The van der Waals surface area contributed by atoms with Gasteiger partial charge in [-0.1, -0.05) is 42.3 Å². The Kier molecular flexibility index (Phi) is 3.28. The van der Waals surface area contributed by atoms with E-state index in [1.165, 1.54) is 44.1 Å². The first-order valence-electron chi connectivity index (χ1n) is 6.95. The van der Waals surface area contributed by atoms with Gasteiger partial charge in [-0.05, 0) is 43.2 Å². The van der Waals surface area contributed by atoms with E-state index < -0.39 is 0 Å². The summed E-state index contributed by atoms with van der Waals surface area (Å²) < 4.78 is 0. The number of fused-ring (bicyclic) bond motifs is 1. The van der Waals surface area contributed by atoms with Gasteiger partial charge >= 0.3 is 0 Å². The standard InChI is InChI=1S/C16H21N/c1-2-4-9-14(8-3-1)16-15-10-6-5-7-13(15)11-12-17-16/h5-8,10,16-17H,1-4,9,11-12H2. The van der Waals surface area contributed by atoms with Gasteiger partial charge < -0.3 is 5.32 Å². The Hall–Kier alpha value is -1.08. The molecule has 1 aromatic carbocycles. The van der Waals surface area contributed by atoms with Gasteiger partial charge in [0.25, 0.3) is 0 Å². The van der Waals surface area contributed by atoms with E-state index in [1.807, 2.05) is 0 Å². The van der Waals surface area contributed by atoms with Gasteiger partial charge in [0.05, 0.1) is 6.04 Å². The molecule has 1 heteroatoms. The highest BCUT2D eigenvalue weighted by molar-refractivity contribution is 5.37. The van der Waals surface area contributed by atoms with Crippen LogP contribution in [0.25, 0.3) is 0 Å². The molecule has 1 aliphatic carbocycles. The fourth-order valence-corrected chi connectivity index (χ4v) is 3.14. The van der Waals surface area contributed by atoms with E-state index in [9.17, 15) is 0 Å². The fourth-order valence-electron chi connectivity index (χ4n) is 3.14. The molecule has 0 bridgehead atoms. The Morgan fingerprint density at radius 1 is 1.00 bits per heavy atom. The average molecular weight is 227 g/mol. The second-order valence-corrected chi connectivity index (χ2v) is 5.21. The molecule has 0 amide bonds. The van der Waals surface area contributed by atoms with Crippen molar-refractivity contribution in [2.24, 2.45) is 0 Å². The first-order valence-corrected chi connectivity index (χ1v) is 6.95. The predicted molar refractivity (Wildman–Crippen MR) is 72.1 cm³/mol. The van der Waals surface area contributed by atoms with Crippen LogP contribution in [0.2, 0.25) is 0 Å². The Bertz CT molecular complexity index is 419. The van der Waals surface area contributed by atoms with Crippen molar-refractivity contribution in [2.45, 2.75) is 44.6 Å². The molecule has 90 valence electrons. The van der Waals surface area contributed by atoms with Crippen LogP contribution >= 0.6 is 0 Å². The van der Waals surface area contributed by atoms with Crippen molar-refractivity contribution in [3.63, 3.8) is 0 Å². The van der Waals surface area contributed by atoms with Crippen molar-refractivity contribution in [3.8, 4) is 0 Å². The van der Waals surface area contributed by atoms with Gasteiger partial charge in [0.2, 0.25) is 0 Å². The first kappa shape index (κ1) is 11.0. The topological polar surface area (TPSA) is 12.0 Å². The molecule has 0 saturated carbocycles. The highest BCUT2D eigenvalue weighted by atomic mass is 14.9. The summed E-state index contributed by atoms with van der Waals surface area (Å²) in [4.78, 5) is 0. The summed E-state index contributed by atoms with van der Waals surface area (Å²) in [6.07, 6.45) is 10.4. The van der Waals surface area contributed by atoms with Gasteiger partial charge in [0, 0.05) is 6.54 Å². The fraction of sp³-hybridized carbons (Fsp3) is 0.500.